The summed E-state index contributed by atoms with van der Waals surface area (Å²) in [5.74, 6) is -1.33. The molecule has 0 radical (unpaired) electrons. The lowest BCUT2D eigenvalue weighted by Crippen LogP contribution is -2.13. The van der Waals surface area contributed by atoms with Gasteiger partial charge in [0.1, 0.15) is 0 Å². The van der Waals surface area contributed by atoms with Crippen molar-refractivity contribution in [2.75, 3.05) is 0 Å². The van der Waals surface area contributed by atoms with Crippen LogP contribution >= 0.6 is 7.60 Å². The average molecular weight is 354 g/mol. The molecule has 128 valence electrons. The number of benzene rings is 3. The fourth-order valence-electron chi connectivity index (χ4n) is 2.82. The van der Waals surface area contributed by atoms with Crippen molar-refractivity contribution >= 4 is 24.3 Å². The van der Waals surface area contributed by atoms with Crippen LogP contribution < -0.4 is 0 Å². The molecule has 0 aliphatic carbocycles. The molecule has 3 aromatic carbocycles. The number of carbonyl (C=O) groups is 1. The highest BCUT2D eigenvalue weighted by Crippen LogP contribution is 2.47. The van der Waals surface area contributed by atoms with Crippen molar-refractivity contribution in [3.8, 4) is 0 Å². The molecule has 25 heavy (non-hydrogen) atoms. The van der Waals surface area contributed by atoms with Crippen molar-refractivity contribution in [1.82, 2.24) is 0 Å². The summed E-state index contributed by atoms with van der Waals surface area (Å²) in [4.78, 5) is 22.5. The van der Waals surface area contributed by atoms with E-state index >= 15 is 0 Å². The number of hydrogen-bond donors (Lipinski definition) is 1. The SMILES string of the molecule is CC(C(=O)OP(=O)(O)Cc1ccccc1)c1cccc2ccccc12. The highest BCUT2D eigenvalue weighted by Gasteiger charge is 2.29. The average Bonchev–Trinajstić information content (AvgIpc) is 2.60. The van der Waals surface area contributed by atoms with Crippen LogP contribution in [0, 0.1) is 0 Å². The molecule has 0 spiro atoms. The van der Waals surface area contributed by atoms with Crippen LogP contribution in [-0.2, 0) is 20.0 Å². The lowest BCUT2D eigenvalue weighted by atomic mass is 9.95. The van der Waals surface area contributed by atoms with E-state index in [2.05, 4.69) is 0 Å². The van der Waals surface area contributed by atoms with Gasteiger partial charge in [-0.1, -0.05) is 72.8 Å². The first-order valence-corrected chi connectivity index (χ1v) is 9.79. The minimum atomic E-state index is -4.05. The summed E-state index contributed by atoms with van der Waals surface area (Å²) >= 11 is 0. The summed E-state index contributed by atoms with van der Waals surface area (Å²) in [6.07, 6.45) is -0.193. The molecule has 2 unspecified atom stereocenters. The first-order valence-electron chi connectivity index (χ1n) is 8.03. The number of fused-ring (bicyclic) bond motifs is 1. The third kappa shape index (κ3) is 4.16. The third-order valence-corrected chi connectivity index (χ3v) is 5.33. The van der Waals surface area contributed by atoms with Crippen LogP contribution in [-0.4, -0.2) is 10.9 Å². The van der Waals surface area contributed by atoms with Crippen molar-refractivity contribution in [3.63, 3.8) is 0 Å². The second-order valence-electron chi connectivity index (χ2n) is 5.98. The molecule has 3 aromatic rings. The highest BCUT2D eigenvalue weighted by molar-refractivity contribution is 7.52. The van der Waals surface area contributed by atoms with Gasteiger partial charge in [0.25, 0.3) is 0 Å². The fraction of sp³-hybridized carbons (Fsp3) is 0.150. The molecule has 0 bridgehead atoms. The minimum Gasteiger partial charge on any atom is -0.391 e. The first-order chi connectivity index (χ1) is 12.0. The van der Waals surface area contributed by atoms with Crippen LogP contribution in [0.2, 0.25) is 0 Å². The molecule has 0 amide bonds. The Morgan fingerprint density at radius 3 is 2.40 bits per heavy atom. The zero-order valence-electron chi connectivity index (χ0n) is 13.8. The standard InChI is InChI=1S/C20H19O4P/c1-15(18-13-7-11-17-10-5-6-12-19(17)18)20(21)24-25(22,23)14-16-8-3-2-4-9-16/h2-13,15H,14H2,1H3,(H,22,23). The predicted octanol–water partition coefficient (Wildman–Crippen LogP) is 4.87. The van der Waals surface area contributed by atoms with Gasteiger partial charge in [-0.25, -0.2) is 4.57 Å². The first kappa shape index (κ1) is 17.4. The molecule has 0 aliphatic heterocycles. The summed E-state index contributed by atoms with van der Waals surface area (Å²) in [6.45, 7) is 1.69. The van der Waals surface area contributed by atoms with Crippen LogP contribution in [0.4, 0.5) is 0 Å². The van der Waals surface area contributed by atoms with Gasteiger partial charge in [-0.15, -0.1) is 0 Å². The van der Waals surface area contributed by atoms with Gasteiger partial charge in [0.15, 0.2) is 0 Å². The van der Waals surface area contributed by atoms with Gasteiger partial charge >= 0.3 is 13.6 Å². The normalized spacial score (nSPS) is 14.6. The largest absolute Gasteiger partial charge is 0.391 e. The molecule has 0 saturated carbocycles. The van der Waals surface area contributed by atoms with Gasteiger partial charge in [-0.3, -0.25) is 4.79 Å². The van der Waals surface area contributed by atoms with Crippen molar-refractivity contribution in [1.29, 1.82) is 0 Å². The van der Waals surface area contributed by atoms with Gasteiger partial charge in [0.2, 0.25) is 0 Å². The highest BCUT2D eigenvalue weighted by atomic mass is 31.2. The Balaban J connectivity index is 1.79. The van der Waals surface area contributed by atoms with Crippen molar-refractivity contribution < 1.29 is 18.8 Å². The van der Waals surface area contributed by atoms with Gasteiger partial charge < -0.3 is 9.42 Å². The number of rotatable bonds is 5. The second kappa shape index (κ2) is 7.22. The van der Waals surface area contributed by atoms with Gasteiger partial charge in [-0.2, -0.15) is 0 Å². The zero-order valence-corrected chi connectivity index (χ0v) is 14.7. The van der Waals surface area contributed by atoms with Crippen LogP contribution in [0.15, 0.2) is 72.8 Å². The Morgan fingerprint density at radius 1 is 1.00 bits per heavy atom. The van der Waals surface area contributed by atoms with E-state index in [-0.39, 0.29) is 6.16 Å². The fourth-order valence-corrected chi connectivity index (χ4v) is 4.00. The molecule has 4 nitrogen and oxygen atoms in total. The van der Waals surface area contributed by atoms with E-state index in [1.807, 2.05) is 48.5 Å². The van der Waals surface area contributed by atoms with Crippen molar-refractivity contribution in [3.05, 3.63) is 83.9 Å². The zero-order chi connectivity index (χ0) is 17.9. The van der Waals surface area contributed by atoms with Crippen LogP contribution in [0.5, 0.6) is 0 Å². The van der Waals surface area contributed by atoms with Crippen LogP contribution in [0.1, 0.15) is 24.0 Å². The monoisotopic (exact) mass is 354 g/mol. The summed E-state index contributed by atoms with van der Waals surface area (Å²) in [5, 5.41) is 1.95. The predicted molar refractivity (Wildman–Crippen MR) is 98.4 cm³/mol. The van der Waals surface area contributed by atoms with E-state index in [4.69, 9.17) is 4.52 Å². The molecule has 0 fully saturated rings. The molecular formula is C20H19O4P. The Hall–Kier alpha value is -2.42. The summed E-state index contributed by atoms with van der Waals surface area (Å²) in [6, 6.07) is 22.2. The molecule has 2 atom stereocenters. The van der Waals surface area contributed by atoms with E-state index in [9.17, 15) is 14.3 Å². The van der Waals surface area contributed by atoms with E-state index in [1.54, 1.807) is 31.2 Å². The van der Waals surface area contributed by atoms with E-state index in [0.717, 1.165) is 16.3 Å². The Labute approximate surface area is 146 Å². The Bertz CT molecular complexity index is 931. The quantitative estimate of drug-likeness (QED) is 0.664. The summed E-state index contributed by atoms with van der Waals surface area (Å²) < 4.78 is 17.3. The molecule has 3 rings (SSSR count). The Kier molecular flexibility index (Phi) is 5.03. The topological polar surface area (TPSA) is 63.6 Å². The maximum atomic E-state index is 12.4. The second-order valence-corrected chi connectivity index (χ2v) is 7.76. The molecule has 1 N–H and O–H groups in total. The van der Waals surface area contributed by atoms with Gasteiger partial charge in [0.05, 0.1) is 12.1 Å². The molecule has 0 aromatic heterocycles. The smallest absolute Gasteiger partial charge is 0.383 e. The van der Waals surface area contributed by atoms with Crippen molar-refractivity contribution in [2.24, 2.45) is 0 Å². The molecule has 5 heteroatoms. The lowest BCUT2D eigenvalue weighted by molar-refractivity contribution is -0.136. The molecule has 0 aliphatic rings. The third-order valence-electron chi connectivity index (χ3n) is 4.10. The van der Waals surface area contributed by atoms with Gasteiger partial charge in [0, 0.05) is 0 Å². The van der Waals surface area contributed by atoms with Crippen LogP contribution in [0.3, 0.4) is 0 Å². The van der Waals surface area contributed by atoms with E-state index in [1.165, 1.54) is 0 Å². The van der Waals surface area contributed by atoms with Crippen LogP contribution in [0.25, 0.3) is 10.8 Å². The number of carbonyl (C=O) groups excluding carboxylic acids is 1. The van der Waals surface area contributed by atoms with E-state index in [0.29, 0.717) is 5.56 Å². The minimum absolute atomic E-state index is 0.193. The van der Waals surface area contributed by atoms with E-state index < -0.39 is 19.5 Å². The maximum absolute atomic E-state index is 12.4. The summed E-state index contributed by atoms with van der Waals surface area (Å²) in [5.41, 5.74) is 1.43. The molecule has 0 saturated heterocycles. The Morgan fingerprint density at radius 2 is 1.64 bits per heavy atom. The lowest BCUT2D eigenvalue weighted by Gasteiger charge is -2.17. The molecular weight excluding hydrogens is 335 g/mol. The number of hydrogen-bond acceptors (Lipinski definition) is 3. The molecule has 0 heterocycles. The van der Waals surface area contributed by atoms with Crippen molar-refractivity contribution in [2.45, 2.75) is 19.0 Å². The summed E-state index contributed by atoms with van der Waals surface area (Å²) in [7, 11) is -4.05. The maximum Gasteiger partial charge on any atom is 0.383 e. The van der Waals surface area contributed by atoms with Gasteiger partial charge in [-0.05, 0) is 28.8 Å².